The van der Waals surface area contributed by atoms with Gasteiger partial charge in [0.2, 0.25) is 0 Å². The molecule has 0 spiro atoms. The third-order valence-electron chi connectivity index (χ3n) is 6.67. The monoisotopic (exact) mass is 482 g/mol. The molecule has 6 atom stereocenters. The van der Waals surface area contributed by atoms with E-state index in [9.17, 15) is 25.2 Å². The first-order valence-electron chi connectivity index (χ1n) is 11.7. The van der Waals surface area contributed by atoms with Crippen molar-refractivity contribution < 1.29 is 44.2 Å². The van der Waals surface area contributed by atoms with E-state index in [1.807, 2.05) is 13.8 Å². The molecule has 34 heavy (non-hydrogen) atoms. The molecule has 1 fully saturated rings. The Morgan fingerprint density at radius 1 is 1.06 bits per heavy atom. The molecule has 192 valence electrons. The molecule has 1 aromatic carbocycles. The van der Waals surface area contributed by atoms with Crippen LogP contribution in [0.25, 0.3) is 0 Å². The topological polar surface area (TPSA) is 135 Å². The quantitative estimate of drug-likeness (QED) is 0.422. The van der Waals surface area contributed by atoms with Crippen LogP contribution in [0.3, 0.4) is 0 Å². The number of methoxy groups -OCH3 is 2. The van der Waals surface area contributed by atoms with E-state index in [0.717, 1.165) is 23.3 Å². The van der Waals surface area contributed by atoms with Crippen LogP contribution in [0.1, 0.15) is 62.0 Å². The van der Waals surface area contributed by atoms with Crippen LogP contribution in [0.2, 0.25) is 0 Å². The largest absolute Gasteiger partial charge is 0.487 e. The summed E-state index contributed by atoms with van der Waals surface area (Å²) in [5.74, 6) is -0.00295. The lowest BCUT2D eigenvalue weighted by atomic mass is 9.84. The third-order valence-corrected chi connectivity index (χ3v) is 6.67. The van der Waals surface area contributed by atoms with Gasteiger partial charge in [-0.25, -0.2) is 4.79 Å². The van der Waals surface area contributed by atoms with Crippen LogP contribution in [0, 0.1) is 0 Å². The Balaban J connectivity index is 1.90. The van der Waals surface area contributed by atoms with Gasteiger partial charge < -0.3 is 39.4 Å². The SMILES string of the molecule is CO[C@H]1[C@H](O)[C@@H](O)[C@H](OC(=O)c2cc(CCC(C)(C)O)c3c(c2)CCC(C)(C)O3)[C@@H](OC)[C@H]1O. The molecule has 1 aliphatic heterocycles. The van der Waals surface area contributed by atoms with E-state index < -0.39 is 48.2 Å². The minimum atomic E-state index is -1.52. The molecule has 1 saturated carbocycles. The van der Waals surface area contributed by atoms with Crippen molar-refractivity contribution >= 4 is 5.97 Å². The summed E-state index contributed by atoms with van der Waals surface area (Å²) < 4.78 is 22.2. The maximum absolute atomic E-state index is 13.2. The van der Waals surface area contributed by atoms with Crippen LogP contribution in [-0.2, 0) is 27.1 Å². The second-order valence-electron chi connectivity index (χ2n) is 10.5. The van der Waals surface area contributed by atoms with Crippen molar-refractivity contribution in [3.63, 3.8) is 0 Å². The highest BCUT2D eigenvalue weighted by molar-refractivity contribution is 5.90. The van der Waals surface area contributed by atoms with Crippen molar-refractivity contribution in [3.05, 3.63) is 28.8 Å². The van der Waals surface area contributed by atoms with Gasteiger partial charge in [-0.15, -0.1) is 0 Å². The van der Waals surface area contributed by atoms with Gasteiger partial charge in [-0.1, -0.05) is 0 Å². The number of hydrogen-bond donors (Lipinski definition) is 4. The summed E-state index contributed by atoms with van der Waals surface area (Å²) in [6, 6.07) is 3.39. The van der Waals surface area contributed by atoms with Crippen molar-refractivity contribution in [1.82, 2.24) is 0 Å². The van der Waals surface area contributed by atoms with Gasteiger partial charge >= 0.3 is 5.97 Å². The normalized spacial score (nSPS) is 30.9. The second-order valence-corrected chi connectivity index (χ2v) is 10.5. The molecule has 1 heterocycles. The standard InChI is InChI=1S/C25H38O9/c1-24(2,30)9-7-13-11-15(12-14-8-10-25(3,4)34-19(13)14)23(29)33-22-17(27)16(26)20(31-5)18(28)21(22)32-6/h11-12,16-18,20-22,26-28,30H,7-10H2,1-6H3/t16-,17-,18+,20+,21+,22+/m1/s1. The zero-order chi connectivity index (χ0) is 25.4. The number of aliphatic hydroxyl groups is 4. The molecular formula is C25H38O9. The van der Waals surface area contributed by atoms with Crippen molar-refractivity contribution in [2.45, 2.75) is 101 Å². The van der Waals surface area contributed by atoms with Gasteiger partial charge in [0.25, 0.3) is 0 Å². The van der Waals surface area contributed by atoms with Crippen molar-refractivity contribution in [3.8, 4) is 5.75 Å². The predicted molar refractivity (Wildman–Crippen MR) is 123 cm³/mol. The van der Waals surface area contributed by atoms with Crippen molar-refractivity contribution in [2.75, 3.05) is 14.2 Å². The summed E-state index contributed by atoms with van der Waals surface area (Å²) in [5, 5.41) is 41.7. The average Bonchev–Trinajstić information content (AvgIpc) is 2.75. The number of hydrogen-bond acceptors (Lipinski definition) is 9. The van der Waals surface area contributed by atoms with Gasteiger partial charge in [0.1, 0.15) is 41.9 Å². The number of aryl methyl sites for hydroxylation is 2. The van der Waals surface area contributed by atoms with Crippen LogP contribution >= 0.6 is 0 Å². The molecule has 0 aromatic heterocycles. The highest BCUT2D eigenvalue weighted by Crippen LogP contribution is 2.38. The minimum Gasteiger partial charge on any atom is -0.487 e. The highest BCUT2D eigenvalue weighted by Gasteiger charge is 2.52. The zero-order valence-electron chi connectivity index (χ0n) is 20.8. The number of rotatable bonds is 7. The molecule has 4 N–H and O–H groups in total. The smallest absolute Gasteiger partial charge is 0.338 e. The Hall–Kier alpha value is -1.75. The molecule has 0 unspecified atom stereocenters. The molecule has 3 rings (SSSR count). The molecule has 0 bridgehead atoms. The first-order chi connectivity index (χ1) is 15.8. The molecule has 1 aromatic rings. The summed E-state index contributed by atoms with van der Waals surface area (Å²) in [7, 11) is 2.62. The fraction of sp³-hybridized carbons (Fsp3) is 0.720. The molecule has 2 aliphatic rings. The van der Waals surface area contributed by atoms with Crippen molar-refractivity contribution in [1.29, 1.82) is 0 Å². The van der Waals surface area contributed by atoms with Gasteiger partial charge in [0.15, 0.2) is 6.10 Å². The van der Waals surface area contributed by atoms with Gasteiger partial charge in [0.05, 0.1) is 11.2 Å². The van der Waals surface area contributed by atoms with Crippen LogP contribution in [-0.4, -0.2) is 88.4 Å². The van der Waals surface area contributed by atoms with Crippen molar-refractivity contribution in [2.24, 2.45) is 0 Å². The lowest BCUT2D eigenvalue weighted by molar-refractivity contribution is -0.235. The van der Waals surface area contributed by atoms with Gasteiger partial charge in [-0.3, -0.25) is 0 Å². The Bertz CT molecular complexity index is 876. The molecule has 0 radical (unpaired) electrons. The van der Waals surface area contributed by atoms with Gasteiger partial charge in [-0.2, -0.15) is 0 Å². The number of ether oxygens (including phenoxy) is 4. The van der Waals surface area contributed by atoms with E-state index in [2.05, 4.69) is 0 Å². The van der Waals surface area contributed by atoms with E-state index in [4.69, 9.17) is 18.9 Å². The second kappa shape index (κ2) is 10.1. The fourth-order valence-electron chi connectivity index (χ4n) is 4.63. The summed E-state index contributed by atoms with van der Waals surface area (Å²) in [6.07, 6.45) is -5.35. The first-order valence-corrected chi connectivity index (χ1v) is 11.7. The molecule has 9 nitrogen and oxygen atoms in total. The number of aliphatic hydroxyl groups excluding tert-OH is 3. The minimum absolute atomic E-state index is 0.257. The van der Waals surface area contributed by atoms with E-state index >= 15 is 0 Å². The van der Waals surface area contributed by atoms with Crippen LogP contribution in [0.15, 0.2) is 12.1 Å². The van der Waals surface area contributed by atoms with Crippen LogP contribution < -0.4 is 4.74 Å². The van der Waals surface area contributed by atoms with Crippen LogP contribution in [0.4, 0.5) is 0 Å². The third kappa shape index (κ3) is 5.72. The van der Waals surface area contributed by atoms with Gasteiger partial charge in [-0.05, 0) is 76.6 Å². The van der Waals surface area contributed by atoms with E-state index in [1.165, 1.54) is 14.2 Å². The first kappa shape index (κ1) is 26.8. The summed E-state index contributed by atoms with van der Waals surface area (Å²) in [5.41, 5.74) is 0.668. The number of carbonyl (C=O) groups excluding carboxylic acids is 1. The summed E-state index contributed by atoms with van der Waals surface area (Å²) >= 11 is 0. The lowest BCUT2D eigenvalue weighted by Gasteiger charge is -2.43. The molecule has 1 aliphatic carbocycles. The Morgan fingerprint density at radius 2 is 1.68 bits per heavy atom. The number of benzene rings is 1. The molecule has 0 amide bonds. The Labute approximate surface area is 200 Å². The van der Waals surface area contributed by atoms with E-state index in [1.54, 1.807) is 26.0 Å². The van der Waals surface area contributed by atoms with E-state index in [-0.39, 0.29) is 11.2 Å². The maximum Gasteiger partial charge on any atom is 0.338 e. The predicted octanol–water partition coefficient (Wildman–Crippen LogP) is 1.15. The summed E-state index contributed by atoms with van der Waals surface area (Å²) in [4.78, 5) is 13.2. The number of fused-ring (bicyclic) bond motifs is 1. The van der Waals surface area contributed by atoms with E-state index in [0.29, 0.717) is 19.3 Å². The molecule has 0 saturated heterocycles. The van der Waals surface area contributed by atoms with Crippen LogP contribution in [0.5, 0.6) is 5.75 Å². The number of carbonyl (C=O) groups is 1. The maximum atomic E-state index is 13.2. The van der Waals surface area contributed by atoms with Gasteiger partial charge in [0, 0.05) is 14.2 Å². The summed E-state index contributed by atoms with van der Waals surface area (Å²) in [6.45, 7) is 7.47. The fourth-order valence-corrected chi connectivity index (χ4v) is 4.63. The average molecular weight is 483 g/mol. The Morgan fingerprint density at radius 3 is 2.26 bits per heavy atom. The molecule has 9 heteroatoms. The lowest BCUT2D eigenvalue weighted by Crippen LogP contribution is -2.65. The molecular weight excluding hydrogens is 444 g/mol. The Kier molecular flexibility index (Phi) is 7.96. The number of esters is 1. The highest BCUT2D eigenvalue weighted by atomic mass is 16.6. The zero-order valence-corrected chi connectivity index (χ0v) is 20.8.